The molecule has 0 saturated carbocycles. The van der Waals surface area contributed by atoms with Crippen LogP contribution in [0.2, 0.25) is 0 Å². The predicted molar refractivity (Wildman–Crippen MR) is 117 cm³/mol. The van der Waals surface area contributed by atoms with Gasteiger partial charge in [-0.3, -0.25) is 0 Å². The largest absolute Gasteiger partial charge is 0.493 e. The molecule has 158 valence electrons. The van der Waals surface area contributed by atoms with Gasteiger partial charge in [0.1, 0.15) is 11.6 Å². The van der Waals surface area contributed by atoms with E-state index in [4.69, 9.17) is 14.5 Å². The molecule has 1 saturated heterocycles. The second-order valence-electron chi connectivity index (χ2n) is 7.78. The summed E-state index contributed by atoms with van der Waals surface area (Å²) in [6, 6.07) is 6.72. The van der Waals surface area contributed by atoms with Gasteiger partial charge in [0, 0.05) is 37.4 Å². The summed E-state index contributed by atoms with van der Waals surface area (Å²) in [6.07, 6.45) is 6.36. The first-order valence-corrected chi connectivity index (χ1v) is 10.5. The monoisotopic (exact) mass is 398 g/mol. The number of hydrogen-bond donors (Lipinski definition) is 0. The van der Waals surface area contributed by atoms with Gasteiger partial charge in [-0.25, -0.2) is 9.97 Å². The molecule has 29 heavy (non-hydrogen) atoms. The molecule has 1 aliphatic rings. The first-order chi connectivity index (χ1) is 14.0. The van der Waals surface area contributed by atoms with Crippen molar-refractivity contribution in [1.82, 2.24) is 14.9 Å². The molecule has 1 atom stereocenters. The summed E-state index contributed by atoms with van der Waals surface area (Å²) in [4.78, 5) is 14.1. The van der Waals surface area contributed by atoms with Gasteiger partial charge in [0.2, 0.25) is 0 Å². The fourth-order valence-corrected chi connectivity index (χ4v) is 4.04. The van der Waals surface area contributed by atoms with E-state index in [2.05, 4.69) is 40.9 Å². The average Bonchev–Trinajstić information content (AvgIpc) is 2.77. The lowest BCUT2D eigenvalue weighted by Gasteiger charge is -2.39. The molecule has 0 radical (unpaired) electrons. The molecular formula is C23H34N4O2. The zero-order chi connectivity index (χ0) is 20.8. The number of likely N-dealkylation sites (N-methyl/N-ethyl adjacent to an activating group) is 1. The van der Waals surface area contributed by atoms with E-state index in [0.717, 1.165) is 55.6 Å². The SMILES string of the molecule is CCc1cnc(C)nc1N1CCC[C@@H](N(C)CCc2ccc(OC)c(OC)c2)C1. The van der Waals surface area contributed by atoms with Crippen molar-refractivity contribution >= 4 is 5.82 Å². The second kappa shape index (κ2) is 9.92. The molecule has 3 rings (SSSR count). The minimum Gasteiger partial charge on any atom is -0.493 e. The highest BCUT2D eigenvalue weighted by atomic mass is 16.5. The third-order valence-corrected chi connectivity index (χ3v) is 5.86. The van der Waals surface area contributed by atoms with Crippen molar-refractivity contribution in [3.8, 4) is 11.5 Å². The molecule has 1 aromatic heterocycles. The van der Waals surface area contributed by atoms with Crippen molar-refractivity contribution in [2.24, 2.45) is 0 Å². The van der Waals surface area contributed by atoms with Crippen LogP contribution >= 0.6 is 0 Å². The second-order valence-corrected chi connectivity index (χ2v) is 7.78. The Balaban J connectivity index is 1.63. The molecule has 2 heterocycles. The van der Waals surface area contributed by atoms with Crippen LogP contribution in [-0.4, -0.2) is 61.8 Å². The summed E-state index contributed by atoms with van der Waals surface area (Å²) in [6.45, 7) is 7.25. The molecule has 0 spiro atoms. The van der Waals surface area contributed by atoms with Gasteiger partial charge in [-0.1, -0.05) is 13.0 Å². The van der Waals surface area contributed by atoms with Crippen LogP contribution in [0, 0.1) is 6.92 Å². The molecule has 1 aromatic carbocycles. The number of piperidine rings is 1. The van der Waals surface area contributed by atoms with Crippen molar-refractivity contribution in [3.63, 3.8) is 0 Å². The van der Waals surface area contributed by atoms with E-state index in [1.165, 1.54) is 24.0 Å². The Morgan fingerprint density at radius 2 is 2.00 bits per heavy atom. The lowest BCUT2D eigenvalue weighted by atomic mass is 10.0. The van der Waals surface area contributed by atoms with Crippen molar-refractivity contribution in [2.75, 3.05) is 45.8 Å². The number of anilines is 1. The lowest BCUT2D eigenvalue weighted by Crippen LogP contribution is -2.47. The number of aryl methyl sites for hydroxylation is 2. The van der Waals surface area contributed by atoms with E-state index in [1.807, 2.05) is 19.2 Å². The van der Waals surface area contributed by atoms with Gasteiger partial charge in [0.25, 0.3) is 0 Å². The van der Waals surface area contributed by atoms with E-state index >= 15 is 0 Å². The molecule has 6 nitrogen and oxygen atoms in total. The maximum Gasteiger partial charge on any atom is 0.160 e. The van der Waals surface area contributed by atoms with E-state index in [-0.39, 0.29) is 0 Å². The zero-order valence-electron chi connectivity index (χ0n) is 18.4. The molecule has 6 heteroatoms. The molecule has 0 N–H and O–H groups in total. The smallest absolute Gasteiger partial charge is 0.160 e. The van der Waals surface area contributed by atoms with Crippen molar-refractivity contribution < 1.29 is 9.47 Å². The third kappa shape index (κ3) is 5.18. The van der Waals surface area contributed by atoms with Crippen LogP contribution in [0.5, 0.6) is 11.5 Å². The third-order valence-electron chi connectivity index (χ3n) is 5.86. The van der Waals surface area contributed by atoms with E-state index in [0.29, 0.717) is 6.04 Å². The molecule has 1 fully saturated rings. The summed E-state index contributed by atoms with van der Waals surface area (Å²) >= 11 is 0. The highest BCUT2D eigenvalue weighted by molar-refractivity contribution is 5.47. The van der Waals surface area contributed by atoms with E-state index in [9.17, 15) is 0 Å². The van der Waals surface area contributed by atoms with Crippen molar-refractivity contribution in [3.05, 3.63) is 41.3 Å². The molecule has 0 aliphatic carbocycles. The molecule has 0 unspecified atom stereocenters. The van der Waals surface area contributed by atoms with Crippen LogP contribution < -0.4 is 14.4 Å². The topological polar surface area (TPSA) is 50.7 Å². The van der Waals surface area contributed by atoms with E-state index in [1.54, 1.807) is 14.2 Å². The van der Waals surface area contributed by atoms with Gasteiger partial charge in [0.15, 0.2) is 11.5 Å². The van der Waals surface area contributed by atoms with Crippen LogP contribution in [-0.2, 0) is 12.8 Å². The standard InChI is InChI=1S/C23H34N4O2/c1-6-19-15-24-17(2)25-23(19)27-12-7-8-20(16-27)26(3)13-11-18-9-10-21(28-4)22(14-18)29-5/h9-10,14-15,20H,6-8,11-13,16H2,1-5H3/t20-/m1/s1. The number of rotatable bonds is 8. The number of benzene rings is 1. The van der Waals surface area contributed by atoms with Crippen LogP contribution in [0.3, 0.4) is 0 Å². The Bertz CT molecular complexity index is 811. The van der Waals surface area contributed by atoms with Gasteiger partial charge >= 0.3 is 0 Å². The minimum absolute atomic E-state index is 0.531. The van der Waals surface area contributed by atoms with Gasteiger partial charge in [-0.05, 0) is 57.4 Å². The summed E-state index contributed by atoms with van der Waals surface area (Å²) in [5, 5.41) is 0. The van der Waals surface area contributed by atoms with Crippen molar-refractivity contribution in [1.29, 1.82) is 0 Å². The Morgan fingerprint density at radius 3 is 2.72 bits per heavy atom. The van der Waals surface area contributed by atoms with Crippen LogP contribution in [0.1, 0.15) is 36.7 Å². The molecule has 0 amide bonds. The Labute approximate surface area is 174 Å². The highest BCUT2D eigenvalue weighted by Crippen LogP contribution is 2.28. The average molecular weight is 399 g/mol. The van der Waals surface area contributed by atoms with Crippen LogP contribution in [0.15, 0.2) is 24.4 Å². The minimum atomic E-state index is 0.531. The van der Waals surface area contributed by atoms with Gasteiger partial charge in [-0.2, -0.15) is 0 Å². The molecule has 2 aromatic rings. The first-order valence-electron chi connectivity index (χ1n) is 10.5. The number of hydrogen-bond acceptors (Lipinski definition) is 6. The van der Waals surface area contributed by atoms with Gasteiger partial charge in [-0.15, -0.1) is 0 Å². The number of ether oxygens (including phenoxy) is 2. The fourth-order valence-electron chi connectivity index (χ4n) is 4.04. The highest BCUT2D eigenvalue weighted by Gasteiger charge is 2.25. The summed E-state index contributed by atoms with van der Waals surface area (Å²) in [5.41, 5.74) is 2.51. The molecular weight excluding hydrogens is 364 g/mol. The van der Waals surface area contributed by atoms with E-state index < -0.39 is 0 Å². The number of aromatic nitrogens is 2. The van der Waals surface area contributed by atoms with Gasteiger partial charge < -0.3 is 19.3 Å². The Hall–Kier alpha value is -2.34. The molecule has 0 bridgehead atoms. The maximum atomic E-state index is 5.44. The van der Waals surface area contributed by atoms with Crippen LogP contribution in [0.25, 0.3) is 0 Å². The molecule has 1 aliphatic heterocycles. The van der Waals surface area contributed by atoms with Gasteiger partial charge in [0.05, 0.1) is 14.2 Å². The lowest BCUT2D eigenvalue weighted by molar-refractivity contribution is 0.217. The Kier molecular flexibility index (Phi) is 7.31. The fraction of sp³-hybridized carbons (Fsp3) is 0.565. The Morgan fingerprint density at radius 1 is 1.21 bits per heavy atom. The summed E-state index contributed by atoms with van der Waals surface area (Å²) < 4.78 is 10.8. The summed E-state index contributed by atoms with van der Waals surface area (Å²) in [5.74, 6) is 3.54. The normalized spacial score (nSPS) is 16.9. The quantitative estimate of drug-likeness (QED) is 0.678. The maximum absolute atomic E-state index is 5.44. The predicted octanol–water partition coefficient (Wildman–Crippen LogP) is 3.51. The summed E-state index contributed by atoms with van der Waals surface area (Å²) in [7, 11) is 5.59. The first kappa shape index (κ1) is 21.4. The number of methoxy groups -OCH3 is 2. The van der Waals surface area contributed by atoms with Crippen LogP contribution in [0.4, 0.5) is 5.82 Å². The number of nitrogens with zero attached hydrogens (tertiary/aromatic N) is 4. The van der Waals surface area contributed by atoms with Crippen molar-refractivity contribution in [2.45, 2.75) is 45.6 Å². The zero-order valence-corrected chi connectivity index (χ0v) is 18.4.